The number of carbonyl (C=O) groups is 1. The van der Waals surface area contributed by atoms with Crippen molar-refractivity contribution in [3.8, 4) is 0 Å². The molecule has 4 rings (SSSR count). The maximum absolute atomic E-state index is 13.9. The van der Waals surface area contributed by atoms with Gasteiger partial charge in [-0.2, -0.15) is 13.2 Å². The zero-order valence-electron chi connectivity index (χ0n) is 21.5. The minimum Gasteiger partial charge on any atom is -0.396 e. The highest BCUT2D eigenvalue weighted by atomic mass is 19.4. The van der Waals surface area contributed by atoms with E-state index in [1.807, 2.05) is 0 Å². The molecule has 1 aromatic heterocycles. The van der Waals surface area contributed by atoms with Crippen molar-refractivity contribution >= 4 is 5.91 Å². The quantitative estimate of drug-likeness (QED) is 0.510. The molecule has 1 aromatic rings. The Labute approximate surface area is 212 Å². The lowest BCUT2D eigenvalue weighted by atomic mass is 9.74. The monoisotopic (exact) mass is 511 g/mol. The fourth-order valence-electron chi connectivity index (χ4n) is 6.22. The lowest BCUT2D eigenvalue weighted by molar-refractivity contribution is -0.146. The summed E-state index contributed by atoms with van der Waals surface area (Å²) in [6.45, 7) is 6.32. The first-order valence-corrected chi connectivity index (χ1v) is 13.5. The molecule has 9 heteroatoms. The maximum atomic E-state index is 13.9. The number of unbranched alkanes of at least 4 members (excludes halogenated alkanes) is 1. The summed E-state index contributed by atoms with van der Waals surface area (Å²) in [7, 11) is 0. The molecular weight excluding hydrogens is 471 g/mol. The van der Waals surface area contributed by atoms with E-state index >= 15 is 0 Å². The zero-order valence-corrected chi connectivity index (χ0v) is 21.5. The fraction of sp³-hybridized carbons (Fsp3) is 0.778. The first kappa shape index (κ1) is 27.3. The van der Waals surface area contributed by atoms with Crippen LogP contribution in [0.1, 0.15) is 81.3 Å². The van der Waals surface area contributed by atoms with E-state index < -0.39 is 17.2 Å². The highest BCUT2D eigenvalue weighted by Gasteiger charge is 2.50. The van der Waals surface area contributed by atoms with Gasteiger partial charge in [0.25, 0.3) is 0 Å². The summed E-state index contributed by atoms with van der Waals surface area (Å²) in [6, 6.07) is 1.90. The van der Waals surface area contributed by atoms with E-state index in [-0.39, 0.29) is 43.1 Å². The molecule has 2 fully saturated rings. The van der Waals surface area contributed by atoms with Crippen molar-refractivity contribution in [3.63, 3.8) is 0 Å². The van der Waals surface area contributed by atoms with Gasteiger partial charge in [-0.3, -0.25) is 9.78 Å². The molecule has 1 aliphatic carbocycles. The van der Waals surface area contributed by atoms with Gasteiger partial charge in [-0.1, -0.05) is 13.8 Å². The number of halogens is 3. The molecule has 0 aromatic carbocycles. The smallest absolute Gasteiger partial charge is 0.396 e. The third-order valence-electron chi connectivity index (χ3n) is 8.44. The molecule has 1 saturated heterocycles. The van der Waals surface area contributed by atoms with Gasteiger partial charge in [0.1, 0.15) is 0 Å². The topological polar surface area (TPSA) is 74.7 Å². The van der Waals surface area contributed by atoms with Crippen LogP contribution in [0.4, 0.5) is 13.2 Å². The second-order valence-electron chi connectivity index (χ2n) is 11.0. The van der Waals surface area contributed by atoms with Crippen LogP contribution in [0.3, 0.4) is 0 Å². The van der Waals surface area contributed by atoms with E-state index in [0.29, 0.717) is 43.1 Å². The van der Waals surface area contributed by atoms with Crippen LogP contribution in [0.5, 0.6) is 0 Å². The van der Waals surface area contributed by atoms with Gasteiger partial charge in [0.15, 0.2) is 0 Å². The summed E-state index contributed by atoms with van der Waals surface area (Å²) in [4.78, 5) is 20.1. The summed E-state index contributed by atoms with van der Waals surface area (Å²) in [5.74, 6) is 0.214. The predicted octanol–water partition coefficient (Wildman–Crippen LogP) is 4.26. The molecule has 1 amide bonds. The van der Waals surface area contributed by atoms with Crippen LogP contribution >= 0.6 is 0 Å². The standard InChI is InChI=1S/C27H40F3N3O3/c1-18(2)26(10-6-21(16-26)31-20-8-13-36-14-9-20)25(35)33-11-7-23-19(17-33)15-22(27(28,29)30)24(32-23)5-3-4-12-34/h15,18,20-21,31,34H,3-14,16-17H2,1-2H3/t21-,26+/m1/s1. The van der Waals surface area contributed by atoms with Gasteiger partial charge < -0.3 is 20.1 Å². The maximum Gasteiger partial charge on any atom is 0.418 e. The van der Waals surface area contributed by atoms with Gasteiger partial charge in [0.2, 0.25) is 5.91 Å². The van der Waals surface area contributed by atoms with Crippen LogP contribution in [0.15, 0.2) is 6.07 Å². The first-order chi connectivity index (χ1) is 17.1. The molecule has 3 heterocycles. The van der Waals surface area contributed by atoms with Crippen molar-refractivity contribution in [2.24, 2.45) is 11.3 Å². The number of hydrogen-bond donors (Lipinski definition) is 2. The summed E-state index contributed by atoms with van der Waals surface area (Å²) < 4.78 is 47.0. The van der Waals surface area contributed by atoms with Gasteiger partial charge in [-0.25, -0.2) is 0 Å². The van der Waals surface area contributed by atoms with Gasteiger partial charge in [0.05, 0.1) is 16.7 Å². The molecule has 2 atom stereocenters. The Morgan fingerprint density at radius 3 is 2.67 bits per heavy atom. The van der Waals surface area contributed by atoms with Crippen LogP contribution in [-0.2, 0) is 35.1 Å². The Hall–Kier alpha value is -1.71. The van der Waals surface area contributed by atoms with E-state index in [1.165, 1.54) is 6.07 Å². The van der Waals surface area contributed by atoms with E-state index in [0.717, 1.165) is 45.3 Å². The largest absolute Gasteiger partial charge is 0.418 e. The number of nitrogens with zero attached hydrogens (tertiary/aromatic N) is 2. The number of alkyl halides is 3. The van der Waals surface area contributed by atoms with Gasteiger partial charge in [-0.05, 0) is 68.9 Å². The molecule has 1 saturated carbocycles. The van der Waals surface area contributed by atoms with Gasteiger partial charge in [0, 0.05) is 57.1 Å². The molecule has 36 heavy (non-hydrogen) atoms. The highest BCUT2D eigenvalue weighted by molar-refractivity contribution is 5.83. The summed E-state index contributed by atoms with van der Waals surface area (Å²) in [5, 5.41) is 12.8. The number of nitrogens with one attached hydrogen (secondary N) is 1. The number of aryl methyl sites for hydroxylation is 1. The van der Waals surface area contributed by atoms with Crippen molar-refractivity contribution in [2.45, 2.75) is 96.4 Å². The molecule has 6 nitrogen and oxygen atoms in total. The average Bonchev–Trinajstić information content (AvgIpc) is 3.28. The number of hydrogen-bond acceptors (Lipinski definition) is 5. The van der Waals surface area contributed by atoms with Crippen LogP contribution < -0.4 is 5.32 Å². The molecule has 0 bridgehead atoms. The number of amides is 1. The molecule has 0 radical (unpaired) electrons. The Morgan fingerprint density at radius 1 is 1.25 bits per heavy atom. The SMILES string of the molecule is CC(C)[C@]1(C(=O)N2CCc3nc(CCCCO)c(C(F)(F)F)cc3C2)CC[C@@H](NC2CCOCC2)C1. The summed E-state index contributed by atoms with van der Waals surface area (Å²) in [5.41, 5.74) is 0.00144. The normalized spacial score (nSPS) is 25.4. The number of rotatable bonds is 8. The van der Waals surface area contributed by atoms with Crippen LogP contribution in [0.25, 0.3) is 0 Å². The van der Waals surface area contributed by atoms with Crippen LogP contribution in [-0.4, -0.2) is 59.3 Å². The van der Waals surface area contributed by atoms with Gasteiger partial charge >= 0.3 is 6.18 Å². The number of pyridine rings is 1. The second-order valence-corrected chi connectivity index (χ2v) is 11.0. The molecule has 2 aliphatic heterocycles. The first-order valence-electron chi connectivity index (χ1n) is 13.5. The van der Waals surface area contributed by atoms with E-state index in [4.69, 9.17) is 9.84 Å². The zero-order chi connectivity index (χ0) is 25.9. The Kier molecular flexibility index (Phi) is 8.62. The second kappa shape index (κ2) is 11.4. The lowest BCUT2D eigenvalue weighted by Gasteiger charge is -2.40. The summed E-state index contributed by atoms with van der Waals surface area (Å²) >= 11 is 0. The number of ether oxygens (including phenoxy) is 1. The summed E-state index contributed by atoms with van der Waals surface area (Å²) in [6.07, 6.45) is 1.50. The Bertz CT molecular complexity index is 918. The van der Waals surface area contributed by atoms with Crippen LogP contribution in [0.2, 0.25) is 0 Å². The minimum atomic E-state index is -4.50. The van der Waals surface area contributed by atoms with Crippen molar-refractivity contribution in [2.75, 3.05) is 26.4 Å². The molecular formula is C27H40F3N3O3. The predicted molar refractivity (Wildman–Crippen MR) is 130 cm³/mol. The Balaban J connectivity index is 1.50. The van der Waals surface area contributed by atoms with Crippen molar-refractivity contribution < 1.29 is 27.8 Å². The van der Waals surface area contributed by atoms with Gasteiger partial charge in [-0.15, -0.1) is 0 Å². The third kappa shape index (κ3) is 5.89. The van der Waals surface area contributed by atoms with Crippen molar-refractivity contribution in [3.05, 3.63) is 28.6 Å². The number of aromatic nitrogens is 1. The van der Waals surface area contributed by atoms with E-state index in [9.17, 15) is 18.0 Å². The van der Waals surface area contributed by atoms with Crippen molar-refractivity contribution in [1.82, 2.24) is 15.2 Å². The number of aliphatic hydroxyl groups excluding tert-OH is 1. The molecule has 0 spiro atoms. The molecule has 202 valence electrons. The Morgan fingerprint density at radius 2 is 2.00 bits per heavy atom. The lowest BCUT2D eigenvalue weighted by Crippen LogP contribution is -2.49. The van der Waals surface area contributed by atoms with Crippen LogP contribution in [0, 0.1) is 11.3 Å². The number of aliphatic hydroxyl groups is 1. The molecule has 3 aliphatic rings. The molecule has 0 unspecified atom stereocenters. The average molecular weight is 512 g/mol. The fourth-order valence-corrected chi connectivity index (χ4v) is 6.22. The number of fused-ring (bicyclic) bond motifs is 1. The minimum absolute atomic E-state index is 0.0472. The molecule has 2 N–H and O–H groups in total. The van der Waals surface area contributed by atoms with E-state index in [1.54, 1.807) is 4.90 Å². The highest BCUT2D eigenvalue weighted by Crippen LogP contribution is 2.47. The van der Waals surface area contributed by atoms with E-state index in [2.05, 4.69) is 24.1 Å². The third-order valence-corrected chi connectivity index (χ3v) is 8.44. The number of carbonyl (C=O) groups excluding carboxylic acids is 1. The van der Waals surface area contributed by atoms with Crippen molar-refractivity contribution in [1.29, 1.82) is 0 Å².